The van der Waals surface area contributed by atoms with Crippen LogP contribution in [0, 0.1) is 0 Å². The fraction of sp³-hybridized carbons (Fsp3) is 0.846. The van der Waals surface area contributed by atoms with Gasteiger partial charge in [-0.25, -0.2) is 0 Å². The maximum Gasteiger partial charge on any atom is 0.320 e. The molecular formula is C13H26N2O4. The fourth-order valence-corrected chi connectivity index (χ4v) is 1.50. The number of esters is 1. The number of rotatable bonds is 10. The van der Waals surface area contributed by atoms with Crippen molar-refractivity contribution < 1.29 is 19.4 Å². The molecule has 0 fully saturated rings. The molecule has 19 heavy (non-hydrogen) atoms. The van der Waals surface area contributed by atoms with E-state index in [1.165, 1.54) is 0 Å². The molecule has 0 bridgehead atoms. The van der Waals surface area contributed by atoms with Crippen LogP contribution in [-0.4, -0.2) is 79.6 Å². The quantitative estimate of drug-likeness (QED) is 0.554. The number of Topliss-reactive ketones (excluding diaryl/α,β-unsaturated/α-hetero) is 1. The van der Waals surface area contributed by atoms with Crippen LogP contribution in [0.2, 0.25) is 0 Å². The molecule has 0 heterocycles. The zero-order valence-electron chi connectivity index (χ0n) is 12.4. The lowest BCUT2D eigenvalue weighted by Gasteiger charge is -2.24. The highest BCUT2D eigenvalue weighted by Gasteiger charge is 2.21. The van der Waals surface area contributed by atoms with Crippen LogP contribution >= 0.6 is 0 Å². The molecule has 0 aliphatic heterocycles. The smallest absolute Gasteiger partial charge is 0.320 e. The van der Waals surface area contributed by atoms with Crippen molar-refractivity contribution in [2.24, 2.45) is 0 Å². The zero-order chi connectivity index (χ0) is 14.8. The van der Waals surface area contributed by atoms with E-state index in [-0.39, 0.29) is 37.5 Å². The Hall–Kier alpha value is -0.980. The van der Waals surface area contributed by atoms with Gasteiger partial charge in [0, 0.05) is 6.54 Å². The number of nitrogens with zero attached hydrogens (tertiary/aromatic N) is 2. The molecule has 0 unspecified atom stereocenters. The molecule has 0 amide bonds. The van der Waals surface area contributed by atoms with E-state index in [2.05, 4.69) is 0 Å². The molecule has 1 N–H and O–H groups in total. The Morgan fingerprint density at radius 2 is 1.89 bits per heavy atom. The Labute approximate surface area is 115 Å². The highest BCUT2D eigenvalue weighted by atomic mass is 16.5. The van der Waals surface area contributed by atoms with E-state index in [9.17, 15) is 9.59 Å². The van der Waals surface area contributed by atoms with Gasteiger partial charge in [0.25, 0.3) is 0 Å². The molecule has 6 nitrogen and oxygen atoms in total. The number of carbonyl (C=O) groups excluding carboxylic acids is 2. The minimum atomic E-state index is -0.352. The Morgan fingerprint density at radius 1 is 1.26 bits per heavy atom. The Morgan fingerprint density at radius 3 is 2.42 bits per heavy atom. The Bertz CT molecular complexity index is 284. The molecule has 0 aromatic carbocycles. The number of carbonyl (C=O) groups is 2. The van der Waals surface area contributed by atoms with Crippen molar-refractivity contribution in [3.05, 3.63) is 0 Å². The summed E-state index contributed by atoms with van der Waals surface area (Å²) in [5.74, 6) is -0.297. The highest BCUT2D eigenvalue weighted by molar-refractivity contribution is 5.86. The van der Waals surface area contributed by atoms with Crippen LogP contribution in [0.25, 0.3) is 0 Å². The number of hydrogen-bond acceptors (Lipinski definition) is 6. The molecule has 0 radical (unpaired) electrons. The first-order valence-electron chi connectivity index (χ1n) is 6.60. The van der Waals surface area contributed by atoms with Crippen LogP contribution in [0.3, 0.4) is 0 Å². The van der Waals surface area contributed by atoms with E-state index >= 15 is 0 Å². The van der Waals surface area contributed by atoms with Gasteiger partial charge in [-0.2, -0.15) is 0 Å². The zero-order valence-corrected chi connectivity index (χ0v) is 12.4. The average Bonchev–Trinajstić information content (AvgIpc) is 2.35. The van der Waals surface area contributed by atoms with Crippen molar-refractivity contribution in [1.82, 2.24) is 9.80 Å². The summed E-state index contributed by atoms with van der Waals surface area (Å²) in [6.45, 7) is 4.96. The van der Waals surface area contributed by atoms with E-state index in [0.717, 1.165) is 6.42 Å². The molecule has 0 rings (SSSR count). The second-order valence-corrected chi connectivity index (χ2v) is 4.74. The fourth-order valence-electron chi connectivity index (χ4n) is 1.50. The van der Waals surface area contributed by atoms with Crippen LogP contribution in [0.5, 0.6) is 0 Å². The SMILES string of the molecule is CCCOC(=O)CN(C)[C@@H](C)C(=O)CN(C)CCO. The lowest BCUT2D eigenvalue weighted by Crippen LogP contribution is -2.44. The molecule has 0 aromatic rings. The van der Waals surface area contributed by atoms with Crippen molar-refractivity contribution in [3.63, 3.8) is 0 Å². The van der Waals surface area contributed by atoms with Crippen molar-refractivity contribution in [3.8, 4) is 0 Å². The third-order valence-corrected chi connectivity index (χ3v) is 2.88. The standard InChI is InChI=1S/C13H26N2O4/c1-5-8-19-13(18)10-15(4)11(2)12(17)9-14(3)6-7-16/h11,16H,5-10H2,1-4H3/t11-/m0/s1. The summed E-state index contributed by atoms with van der Waals surface area (Å²) in [6.07, 6.45) is 0.788. The first-order chi connectivity index (χ1) is 8.92. The maximum atomic E-state index is 11.9. The molecule has 1 atom stereocenters. The predicted molar refractivity (Wildman–Crippen MR) is 72.9 cm³/mol. The topological polar surface area (TPSA) is 70.1 Å². The first-order valence-corrected chi connectivity index (χ1v) is 6.60. The van der Waals surface area contributed by atoms with Gasteiger partial charge in [0.05, 0.1) is 32.3 Å². The van der Waals surface area contributed by atoms with E-state index in [1.807, 2.05) is 6.92 Å². The summed E-state index contributed by atoms with van der Waals surface area (Å²) < 4.78 is 4.98. The molecule has 0 saturated carbocycles. The minimum absolute atomic E-state index is 0.0155. The Balaban J connectivity index is 4.13. The van der Waals surface area contributed by atoms with Crippen molar-refractivity contribution >= 4 is 11.8 Å². The molecule has 112 valence electrons. The summed E-state index contributed by atoms with van der Waals surface area (Å²) in [6, 6.07) is -0.352. The van der Waals surface area contributed by atoms with Gasteiger partial charge in [-0.15, -0.1) is 0 Å². The van der Waals surface area contributed by atoms with E-state index in [4.69, 9.17) is 9.84 Å². The molecule has 0 aromatic heterocycles. The van der Waals surface area contributed by atoms with Gasteiger partial charge in [-0.1, -0.05) is 6.92 Å². The van der Waals surface area contributed by atoms with E-state index < -0.39 is 0 Å². The number of ketones is 1. The first kappa shape index (κ1) is 18.0. The second kappa shape index (κ2) is 9.89. The molecular weight excluding hydrogens is 248 g/mol. The van der Waals surface area contributed by atoms with Crippen LogP contribution in [0.4, 0.5) is 0 Å². The second-order valence-electron chi connectivity index (χ2n) is 4.74. The summed E-state index contributed by atoms with van der Waals surface area (Å²) in [5.41, 5.74) is 0. The number of ether oxygens (including phenoxy) is 1. The summed E-state index contributed by atoms with van der Waals surface area (Å²) in [7, 11) is 3.50. The van der Waals surface area contributed by atoms with Crippen LogP contribution < -0.4 is 0 Å². The van der Waals surface area contributed by atoms with Gasteiger partial charge in [0.1, 0.15) is 0 Å². The van der Waals surface area contributed by atoms with E-state index in [0.29, 0.717) is 13.2 Å². The van der Waals surface area contributed by atoms with E-state index in [1.54, 1.807) is 30.8 Å². The number of hydrogen-bond donors (Lipinski definition) is 1. The third-order valence-electron chi connectivity index (χ3n) is 2.88. The molecule has 0 aliphatic rings. The van der Waals surface area contributed by atoms with Gasteiger partial charge < -0.3 is 9.84 Å². The van der Waals surface area contributed by atoms with Crippen LogP contribution in [-0.2, 0) is 14.3 Å². The van der Waals surface area contributed by atoms with Gasteiger partial charge in [0.2, 0.25) is 0 Å². The average molecular weight is 274 g/mol. The van der Waals surface area contributed by atoms with Gasteiger partial charge in [-0.05, 0) is 27.4 Å². The van der Waals surface area contributed by atoms with Gasteiger partial charge >= 0.3 is 5.97 Å². The third kappa shape index (κ3) is 7.92. The summed E-state index contributed by atoms with van der Waals surface area (Å²) in [4.78, 5) is 26.8. The van der Waals surface area contributed by atoms with Crippen LogP contribution in [0.1, 0.15) is 20.3 Å². The number of likely N-dealkylation sites (N-methyl/N-ethyl adjacent to an activating group) is 2. The van der Waals surface area contributed by atoms with Crippen molar-refractivity contribution in [1.29, 1.82) is 0 Å². The Kier molecular flexibility index (Phi) is 9.38. The molecule has 6 heteroatoms. The van der Waals surface area contributed by atoms with Gasteiger partial charge in [-0.3, -0.25) is 19.4 Å². The maximum absolute atomic E-state index is 11.9. The molecule has 0 saturated heterocycles. The monoisotopic (exact) mass is 274 g/mol. The van der Waals surface area contributed by atoms with Gasteiger partial charge in [0.15, 0.2) is 5.78 Å². The normalized spacial score (nSPS) is 12.8. The molecule has 0 aliphatic carbocycles. The highest BCUT2D eigenvalue weighted by Crippen LogP contribution is 2.00. The minimum Gasteiger partial charge on any atom is -0.465 e. The van der Waals surface area contributed by atoms with Crippen molar-refractivity contribution in [2.45, 2.75) is 26.3 Å². The predicted octanol–water partition coefficient (Wildman–Crippen LogP) is -0.247. The summed E-state index contributed by atoms with van der Waals surface area (Å²) >= 11 is 0. The van der Waals surface area contributed by atoms with Crippen molar-refractivity contribution in [2.75, 3.05) is 46.9 Å². The lowest BCUT2D eigenvalue weighted by atomic mass is 10.2. The number of aliphatic hydroxyl groups excluding tert-OH is 1. The molecule has 0 spiro atoms. The lowest BCUT2D eigenvalue weighted by molar-refractivity contribution is -0.145. The van der Waals surface area contributed by atoms with Crippen LogP contribution in [0.15, 0.2) is 0 Å². The largest absolute Gasteiger partial charge is 0.465 e. The number of aliphatic hydroxyl groups is 1. The summed E-state index contributed by atoms with van der Waals surface area (Å²) in [5, 5.41) is 8.77.